The molecular formula is C12H17F3N4. The molecule has 7 heteroatoms. The van der Waals surface area contributed by atoms with Crippen molar-refractivity contribution < 1.29 is 13.2 Å². The smallest absolute Gasteiger partial charge is 0.312 e. The van der Waals surface area contributed by atoms with Crippen LogP contribution in [-0.2, 0) is 13.1 Å². The molecule has 0 aromatic carbocycles. The van der Waals surface area contributed by atoms with Crippen molar-refractivity contribution in [3.63, 3.8) is 0 Å². The Morgan fingerprint density at radius 3 is 2.84 bits per heavy atom. The molecule has 0 bridgehead atoms. The molecule has 1 aromatic rings. The van der Waals surface area contributed by atoms with Crippen LogP contribution in [0.3, 0.4) is 0 Å². The Labute approximate surface area is 109 Å². The van der Waals surface area contributed by atoms with Crippen molar-refractivity contribution in [1.82, 2.24) is 20.1 Å². The zero-order valence-corrected chi connectivity index (χ0v) is 10.6. The summed E-state index contributed by atoms with van der Waals surface area (Å²) in [6, 6.07) is 0. The van der Waals surface area contributed by atoms with E-state index in [4.69, 9.17) is 0 Å². The van der Waals surface area contributed by atoms with E-state index in [0.29, 0.717) is 13.0 Å². The molecule has 106 valence electrons. The van der Waals surface area contributed by atoms with E-state index in [9.17, 15) is 13.2 Å². The van der Waals surface area contributed by atoms with Gasteiger partial charge in [0.15, 0.2) is 0 Å². The highest BCUT2D eigenvalue weighted by Gasteiger charge is 2.43. The summed E-state index contributed by atoms with van der Waals surface area (Å²) in [7, 11) is 0. The van der Waals surface area contributed by atoms with Gasteiger partial charge in [-0.05, 0) is 19.3 Å². The fourth-order valence-electron chi connectivity index (χ4n) is 3.14. The summed E-state index contributed by atoms with van der Waals surface area (Å²) in [6.45, 7) is 2.24. The number of nitrogens with one attached hydrogen (secondary N) is 1. The minimum Gasteiger partial charge on any atom is -0.312 e. The highest BCUT2D eigenvalue weighted by molar-refractivity contribution is 5.06. The van der Waals surface area contributed by atoms with Crippen LogP contribution in [0.5, 0.6) is 0 Å². The van der Waals surface area contributed by atoms with Crippen LogP contribution in [0.15, 0.2) is 0 Å². The minimum atomic E-state index is -4.08. The average molecular weight is 274 g/mol. The number of nitrogens with zero attached hydrogens (tertiary/aromatic N) is 3. The van der Waals surface area contributed by atoms with Crippen LogP contribution >= 0.6 is 0 Å². The van der Waals surface area contributed by atoms with Crippen LogP contribution in [0, 0.1) is 5.92 Å². The first-order chi connectivity index (χ1) is 9.05. The van der Waals surface area contributed by atoms with E-state index in [1.54, 1.807) is 0 Å². The maximum atomic E-state index is 12.8. The largest absolute Gasteiger partial charge is 0.391 e. The molecular weight excluding hydrogens is 257 g/mol. The number of fused-ring (bicyclic) bond motifs is 1. The molecule has 1 N–H and O–H groups in total. The maximum Gasteiger partial charge on any atom is 0.391 e. The third-order valence-corrected chi connectivity index (χ3v) is 4.15. The van der Waals surface area contributed by atoms with Gasteiger partial charge in [0, 0.05) is 19.0 Å². The molecule has 2 heterocycles. The summed E-state index contributed by atoms with van der Waals surface area (Å²) >= 11 is 0. The van der Waals surface area contributed by atoms with E-state index in [1.165, 1.54) is 0 Å². The van der Waals surface area contributed by atoms with Gasteiger partial charge in [-0.1, -0.05) is 6.42 Å². The molecule has 0 spiro atoms. The predicted octanol–water partition coefficient (Wildman–Crippen LogP) is 2.22. The lowest BCUT2D eigenvalue weighted by Gasteiger charge is -2.30. The van der Waals surface area contributed by atoms with E-state index in [2.05, 4.69) is 15.5 Å². The van der Waals surface area contributed by atoms with Gasteiger partial charge in [0.1, 0.15) is 11.6 Å². The first-order valence-corrected chi connectivity index (χ1v) is 6.75. The molecule has 0 amide bonds. The highest BCUT2D eigenvalue weighted by atomic mass is 19.4. The van der Waals surface area contributed by atoms with E-state index in [-0.39, 0.29) is 18.8 Å². The van der Waals surface area contributed by atoms with Gasteiger partial charge in [0.25, 0.3) is 0 Å². The summed E-state index contributed by atoms with van der Waals surface area (Å²) in [5.41, 5.74) is 0. The molecule has 19 heavy (non-hydrogen) atoms. The van der Waals surface area contributed by atoms with E-state index in [1.807, 2.05) is 4.57 Å². The topological polar surface area (TPSA) is 42.7 Å². The molecule has 0 radical (unpaired) electrons. The lowest BCUT2D eigenvalue weighted by molar-refractivity contribution is -0.183. The first kappa shape index (κ1) is 12.9. The molecule has 3 rings (SSSR count). The number of alkyl halides is 3. The molecule has 1 aliphatic heterocycles. The van der Waals surface area contributed by atoms with Gasteiger partial charge in [-0.2, -0.15) is 13.2 Å². The second-order valence-electron chi connectivity index (χ2n) is 5.40. The molecule has 0 saturated heterocycles. The molecule has 1 fully saturated rings. The third kappa shape index (κ3) is 2.48. The molecule has 2 aliphatic rings. The second kappa shape index (κ2) is 4.77. The summed E-state index contributed by atoms with van der Waals surface area (Å²) < 4.78 is 40.5. The van der Waals surface area contributed by atoms with Crippen LogP contribution in [0.1, 0.15) is 43.3 Å². The van der Waals surface area contributed by atoms with Crippen LogP contribution in [0.25, 0.3) is 0 Å². The highest BCUT2D eigenvalue weighted by Crippen LogP contribution is 2.43. The van der Waals surface area contributed by atoms with Crippen LogP contribution in [0.2, 0.25) is 0 Å². The van der Waals surface area contributed by atoms with Gasteiger partial charge < -0.3 is 9.88 Å². The third-order valence-electron chi connectivity index (χ3n) is 4.15. The summed E-state index contributed by atoms with van der Waals surface area (Å²) in [5.74, 6) is 0.321. The first-order valence-electron chi connectivity index (χ1n) is 6.75. The number of hydrogen-bond acceptors (Lipinski definition) is 3. The maximum absolute atomic E-state index is 12.8. The molecule has 1 aliphatic carbocycles. The Morgan fingerprint density at radius 1 is 1.21 bits per heavy atom. The van der Waals surface area contributed by atoms with E-state index >= 15 is 0 Å². The molecule has 2 unspecified atom stereocenters. The summed E-state index contributed by atoms with van der Waals surface area (Å²) in [4.78, 5) is 0. The van der Waals surface area contributed by atoms with Crippen molar-refractivity contribution >= 4 is 0 Å². The number of hydrogen-bond donors (Lipinski definition) is 1. The van der Waals surface area contributed by atoms with Gasteiger partial charge >= 0.3 is 6.18 Å². The van der Waals surface area contributed by atoms with Crippen molar-refractivity contribution in [2.24, 2.45) is 5.92 Å². The number of halogens is 3. The Morgan fingerprint density at radius 2 is 2.05 bits per heavy atom. The standard InChI is InChI=1S/C12H17F3N4/c13-12(14,15)9-3-1-2-8(6-9)11-18-17-10-7-16-4-5-19(10)11/h8-9,16H,1-7H2. The lowest BCUT2D eigenvalue weighted by atomic mass is 9.80. The number of aromatic nitrogens is 3. The van der Waals surface area contributed by atoms with Crippen molar-refractivity contribution in [1.29, 1.82) is 0 Å². The lowest BCUT2D eigenvalue weighted by Crippen LogP contribution is -2.32. The van der Waals surface area contributed by atoms with Crippen molar-refractivity contribution in [3.05, 3.63) is 11.6 Å². The molecule has 1 saturated carbocycles. The fraction of sp³-hybridized carbons (Fsp3) is 0.833. The Balaban J connectivity index is 1.80. The van der Waals surface area contributed by atoms with Gasteiger partial charge in [-0.25, -0.2) is 0 Å². The van der Waals surface area contributed by atoms with Crippen LogP contribution in [0.4, 0.5) is 13.2 Å². The molecule has 2 atom stereocenters. The van der Waals surface area contributed by atoms with Gasteiger partial charge in [0.2, 0.25) is 0 Å². The van der Waals surface area contributed by atoms with Crippen LogP contribution < -0.4 is 5.32 Å². The zero-order valence-electron chi connectivity index (χ0n) is 10.6. The SMILES string of the molecule is FC(F)(F)C1CCCC(c2nnc3n2CCNC3)C1. The van der Waals surface area contributed by atoms with Gasteiger partial charge in [0.05, 0.1) is 12.5 Å². The van der Waals surface area contributed by atoms with Crippen molar-refractivity contribution in [2.45, 2.75) is 50.9 Å². The molecule has 4 nitrogen and oxygen atoms in total. The Kier molecular flexibility index (Phi) is 3.24. The Hall–Kier alpha value is -1.11. The second-order valence-corrected chi connectivity index (χ2v) is 5.40. The summed E-state index contributed by atoms with van der Waals surface area (Å²) in [6.07, 6.45) is -2.25. The van der Waals surface area contributed by atoms with Crippen molar-refractivity contribution in [2.75, 3.05) is 6.54 Å². The quantitative estimate of drug-likeness (QED) is 0.854. The van der Waals surface area contributed by atoms with Gasteiger partial charge in [-0.15, -0.1) is 10.2 Å². The normalized spacial score (nSPS) is 28.2. The molecule has 1 aromatic heterocycles. The van der Waals surface area contributed by atoms with E-state index in [0.717, 1.165) is 31.2 Å². The van der Waals surface area contributed by atoms with Crippen LogP contribution in [-0.4, -0.2) is 27.5 Å². The van der Waals surface area contributed by atoms with Crippen molar-refractivity contribution in [3.8, 4) is 0 Å². The Bertz CT molecular complexity index is 454. The monoisotopic (exact) mass is 274 g/mol. The minimum absolute atomic E-state index is 0.0975. The summed E-state index contributed by atoms with van der Waals surface area (Å²) in [5, 5.41) is 11.4. The van der Waals surface area contributed by atoms with Gasteiger partial charge in [-0.3, -0.25) is 0 Å². The zero-order chi connectivity index (χ0) is 13.5. The van der Waals surface area contributed by atoms with E-state index < -0.39 is 12.1 Å². The number of rotatable bonds is 1. The average Bonchev–Trinajstić information content (AvgIpc) is 2.82. The predicted molar refractivity (Wildman–Crippen MR) is 62.5 cm³/mol. The fourth-order valence-corrected chi connectivity index (χ4v) is 3.14.